The van der Waals surface area contributed by atoms with Crippen LogP contribution >= 0.6 is 0 Å². The van der Waals surface area contributed by atoms with Crippen molar-refractivity contribution < 1.29 is 9.53 Å². The third kappa shape index (κ3) is 4.15. The van der Waals surface area contributed by atoms with Crippen molar-refractivity contribution in [2.45, 2.75) is 25.5 Å². The Balaban J connectivity index is 2.44. The van der Waals surface area contributed by atoms with E-state index in [2.05, 4.69) is 17.1 Å². The van der Waals surface area contributed by atoms with E-state index < -0.39 is 0 Å². The Morgan fingerprint density at radius 2 is 2.47 bits per heavy atom. The van der Waals surface area contributed by atoms with Crippen LogP contribution in [0.1, 0.15) is 13.3 Å². The average Bonchev–Trinajstić information content (AvgIpc) is 2.38. The molecule has 88 valence electrons. The van der Waals surface area contributed by atoms with Gasteiger partial charge in [0.2, 0.25) is 5.91 Å². The topological polar surface area (TPSA) is 67.6 Å². The van der Waals surface area contributed by atoms with Crippen LogP contribution in [0.5, 0.6) is 0 Å². The number of nitrogens with two attached hydrogens (primary N) is 1. The fourth-order valence-electron chi connectivity index (χ4n) is 1.83. The first-order valence-electron chi connectivity index (χ1n) is 5.44. The van der Waals surface area contributed by atoms with Crippen molar-refractivity contribution in [3.8, 4) is 0 Å². The predicted octanol–water partition coefficient (Wildman–Crippen LogP) is -0.829. The Labute approximate surface area is 90.9 Å². The van der Waals surface area contributed by atoms with Crippen LogP contribution in [0.15, 0.2) is 0 Å². The number of hydrogen-bond donors (Lipinski definition) is 2. The minimum absolute atomic E-state index is 0.234. The lowest BCUT2D eigenvalue weighted by atomic mass is 10.2. The summed E-state index contributed by atoms with van der Waals surface area (Å²) in [6, 6.07) is -0.268. The lowest BCUT2D eigenvalue weighted by Gasteiger charge is -2.25. The van der Waals surface area contributed by atoms with Crippen molar-refractivity contribution in [2.24, 2.45) is 5.73 Å². The number of carbonyl (C=O) groups is 1. The lowest BCUT2D eigenvalue weighted by molar-refractivity contribution is -0.120. The molecule has 5 heteroatoms. The van der Waals surface area contributed by atoms with Gasteiger partial charge in [-0.2, -0.15) is 0 Å². The van der Waals surface area contributed by atoms with Crippen LogP contribution in [0.3, 0.4) is 0 Å². The lowest BCUT2D eigenvalue weighted by Crippen LogP contribution is -2.48. The van der Waals surface area contributed by atoms with Crippen molar-refractivity contribution in [2.75, 3.05) is 33.3 Å². The van der Waals surface area contributed by atoms with Crippen molar-refractivity contribution in [3.63, 3.8) is 0 Å². The highest BCUT2D eigenvalue weighted by molar-refractivity contribution is 5.80. The fourth-order valence-corrected chi connectivity index (χ4v) is 1.83. The van der Waals surface area contributed by atoms with Gasteiger partial charge in [-0.25, -0.2) is 0 Å². The molecule has 0 aliphatic carbocycles. The number of amides is 1. The van der Waals surface area contributed by atoms with Gasteiger partial charge in [-0.15, -0.1) is 0 Å². The Kier molecular flexibility index (Phi) is 5.01. The fraction of sp³-hybridized carbons (Fsp3) is 0.900. The Morgan fingerprint density at radius 1 is 1.73 bits per heavy atom. The van der Waals surface area contributed by atoms with Gasteiger partial charge < -0.3 is 15.8 Å². The molecule has 0 aromatic carbocycles. The van der Waals surface area contributed by atoms with E-state index in [1.165, 1.54) is 0 Å². The van der Waals surface area contributed by atoms with Gasteiger partial charge in [-0.05, 0) is 20.4 Å². The van der Waals surface area contributed by atoms with Crippen LogP contribution < -0.4 is 11.1 Å². The van der Waals surface area contributed by atoms with Crippen LogP contribution in [0.25, 0.3) is 0 Å². The number of nitrogens with zero attached hydrogens (tertiary/aromatic N) is 1. The predicted molar refractivity (Wildman–Crippen MR) is 58.5 cm³/mol. The summed E-state index contributed by atoms with van der Waals surface area (Å²) >= 11 is 0. The quantitative estimate of drug-likeness (QED) is 0.642. The third-order valence-corrected chi connectivity index (χ3v) is 2.67. The monoisotopic (exact) mass is 215 g/mol. The smallest absolute Gasteiger partial charge is 0.235 e. The molecule has 2 unspecified atom stereocenters. The largest absolute Gasteiger partial charge is 0.377 e. The van der Waals surface area contributed by atoms with Gasteiger partial charge in [0, 0.05) is 26.2 Å². The van der Waals surface area contributed by atoms with Crippen molar-refractivity contribution in [1.29, 1.82) is 0 Å². The highest BCUT2D eigenvalue weighted by Gasteiger charge is 2.20. The molecule has 1 heterocycles. The zero-order valence-electron chi connectivity index (χ0n) is 9.53. The first-order chi connectivity index (χ1) is 7.13. The summed E-state index contributed by atoms with van der Waals surface area (Å²) in [7, 11) is 1.76. The minimum atomic E-state index is -0.296. The second-order valence-corrected chi connectivity index (χ2v) is 4.04. The van der Waals surface area contributed by atoms with E-state index in [0.717, 1.165) is 26.1 Å². The maximum absolute atomic E-state index is 11.1. The molecule has 2 atom stereocenters. The molecule has 0 bridgehead atoms. The van der Waals surface area contributed by atoms with Gasteiger partial charge in [-0.1, -0.05) is 0 Å². The Bertz CT molecular complexity index is 211. The first-order valence-corrected chi connectivity index (χ1v) is 5.44. The van der Waals surface area contributed by atoms with E-state index in [0.29, 0.717) is 6.54 Å². The van der Waals surface area contributed by atoms with E-state index in [1.54, 1.807) is 7.05 Å². The number of carbonyl (C=O) groups excluding carboxylic acids is 1. The average molecular weight is 215 g/mol. The summed E-state index contributed by atoms with van der Waals surface area (Å²) in [6.45, 7) is 5.36. The Morgan fingerprint density at radius 3 is 3.07 bits per heavy atom. The molecule has 15 heavy (non-hydrogen) atoms. The Hall–Kier alpha value is -0.650. The number of ether oxygens (including phenoxy) is 1. The number of nitrogens with one attached hydrogen (secondary N) is 1. The van der Waals surface area contributed by atoms with Gasteiger partial charge in [-0.3, -0.25) is 9.69 Å². The van der Waals surface area contributed by atoms with Gasteiger partial charge in [0.05, 0.1) is 12.1 Å². The zero-order chi connectivity index (χ0) is 11.3. The number of primary amides is 1. The van der Waals surface area contributed by atoms with Gasteiger partial charge >= 0.3 is 0 Å². The van der Waals surface area contributed by atoms with E-state index in [-0.39, 0.29) is 18.1 Å². The normalized spacial score (nSPS) is 25.9. The molecule has 1 aliphatic rings. The molecule has 1 saturated heterocycles. The summed E-state index contributed by atoms with van der Waals surface area (Å²) < 4.78 is 5.53. The molecule has 1 rings (SSSR count). The van der Waals surface area contributed by atoms with E-state index in [4.69, 9.17) is 10.5 Å². The van der Waals surface area contributed by atoms with E-state index >= 15 is 0 Å². The summed E-state index contributed by atoms with van der Waals surface area (Å²) in [4.78, 5) is 13.3. The van der Waals surface area contributed by atoms with Gasteiger partial charge in [0.25, 0.3) is 0 Å². The molecule has 0 aromatic rings. The van der Waals surface area contributed by atoms with Crippen LogP contribution in [0, 0.1) is 0 Å². The maximum Gasteiger partial charge on any atom is 0.235 e. The molecular formula is C10H21N3O2. The molecule has 0 spiro atoms. The SMILES string of the molecule is CNC(CN1CCCOC(C)C1)C(N)=O. The molecule has 1 aliphatic heterocycles. The molecule has 0 aromatic heterocycles. The molecular weight excluding hydrogens is 194 g/mol. The van der Waals surface area contributed by atoms with Gasteiger partial charge in [0.15, 0.2) is 0 Å². The maximum atomic E-state index is 11.1. The van der Waals surface area contributed by atoms with Crippen molar-refractivity contribution >= 4 is 5.91 Å². The summed E-state index contributed by atoms with van der Waals surface area (Å²) in [5.41, 5.74) is 5.28. The molecule has 5 nitrogen and oxygen atoms in total. The van der Waals surface area contributed by atoms with Crippen LogP contribution in [-0.2, 0) is 9.53 Å². The summed E-state index contributed by atoms with van der Waals surface area (Å²) in [5, 5.41) is 2.93. The van der Waals surface area contributed by atoms with E-state index in [9.17, 15) is 4.79 Å². The number of likely N-dealkylation sites (N-methyl/N-ethyl adjacent to an activating group) is 1. The second kappa shape index (κ2) is 6.05. The van der Waals surface area contributed by atoms with Crippen LogP contribution in [0.4, 0.5) is 0 Å². The minimum Gasteiger partial charge on any atom is -0.377 e. The van der Waals surface area contributed by atoms with Gasteiger partial charge in [0.1, 0.15) is 0 Å². The van der Waals surface area contributed by atoms with Crippen LogP contribution in [0.2, 0.25) is 0 Å². The highest BCUT2D eigenvalue weighted by atomic mass is 16.5. The molecule has 1 fully saturated rings. The van der Waals surface area contributed by atoms with E-state index in [1.807, 2.05) is 0 Å². The molecule has 0 saturated carbocycles. The number of hydrogen-bond acceptors (Lipinski definition) is 4. The van der Waals surface area contributed by atoms with Crippen molar-refractivity contribution in [1.82, 2.24) is 10.2 Å². The standard InChI is InChI=1S/C10H21N3O2/c1-8-6-13(4-3-5-15-8)7-9(12-2)10(11)14/h8-9,12H,3-7H2,1-2H3,(H2,11,14). The third-order valence-electron chi connectivity index (χ3n) is 2.67. The first kappa shape index (κ1) is 12.4. The second-order valence-electron chi connectivity index (χ2n) is 4.04. The van der Waals surface area contributed by atoms with Crippen LogP contribution in [-0.4, -0.2) is 56.2 Å². The molecule has 0 radical (unpaired) electrons. The van der Waals surface area contributed by atoms with Crippen molar-refractivity contribution in [3.05, 3.63) is 0 Å². The highest BCUT2D eigenvalue weighted by Crippen LogP contribution is 2.05. The summed E-state index contributed by atoms with van der Waals surface area (Å²) in [5.74, 6) is -0.296. The zero-order valence-corrected chi connectivity index (χ0v) is 9.53. The summed E-state index contributed by atoms with van der Waals surface area (Å²) in [6.07, 6.45) is 1.25. The molecule has 1 amide bonds. The number of rotatable bonds is 4. The molecule has 3 N–H and O–H groups in total.